The first-order valence-corrected chi connectivity index (χ1v) is 5.24. The molecule has 0 radical (unpaired) electrons. The molecular weight excluding hydrogens is 172 g/mol. The van der Waals surface area contributed by atoms with Crippen molar-refractivity contribution < 1.29 is 0 Å². The predicted octanol–water partition coefficient (Wildman–Crippen LogP) is 2.21. The Balaban J connectivity index is 2.00. The second-order valence-corrected chi connectivity index (χ2v) is 4.37. The van der Waals surface area contributed by atoms with Gasteiger partial charge in [0.25, 0.3) is 0 Å². The van der Waals surface area contributed by atoms with E-state index in [1.807, 2.05) is 0 Å². The number of rotatable bonds is 2. The van der Waals surface area contributed by atoms with Crippen LogP contribution in [0.5, 0.6) is 0 Å². The van der Waals surface area contributed by atoms with Crippen molar-refractivity contribution in [3.63, 3.8) is 0 Å². The van der Waals surface area contributed by atoms with Gasteiger partial charge in [-0.1, -0.05) is 6.07 Å². The van der Waals surface area contributed by atoms with Gasteiger partial charge in [-0.05, 0) is 49.9 Å². The molecule has 76 valence electrons. The van der Waals surface area contributed by atoms with Crippen LogP contribution in [0, 0.1) is 13.8 Å². The Hall–Kier alpha value is -1.02. The molecule has 0 saturated heterocycles. The molecule has 1 aromatic rings. The lowest BCUT2D eigenvalue weighted by Crippen LogP contribution is -2.44. The lowest BCUT2D eigenvalue weighted by molar-refractivity contribution is 0.373. The highest BCUT2D eigenvalue weighted by Crippen LogP contribution is 2.23. The number of nitrogens with one attached hydrogen (secondary N) is 1. The predicted molar refractivity (Wildman–Crippen MR) is 60.5 cm³/mol. The van der Waals surface area contributed by atoms with E-state index >= 15 is 0 Å². The molecule has 1 saturated carbocycles. The molecule has 3 N–H and O–H groups in total. The van der Waals surface area contributed by atoms with E-state index in [1.165, 1.54) is 16.8 Å². The summed E-state index contributed by atoms with van der Waals surface area (Å²) in [5, 5.41) is 3.50. The van der Waals surface area contributed by atoms with Crippen LogP contribution in [0.1, 0.15) is 24.0 Å². The van der Waals surface area contributed by atoms with Gasteiger partial charge in [0.2, 0.25) is 0 Å². The van der Waals surface area contributed by atoms with Crippen LogP contribution in [0.3, 0.4) is 0 Å². The van der Waals surface area contributed by atoms with Gasteiger partial charge in [-0.2, -0.15) is 0 Å². The first-order chi connectivity index (χ1) is 6.65. The van der Waals surface area contributed by atoms with Crippen molar-refractivity contribution in [2.24, 2.45) is 5.73 Å². The molecule has 14 heavy (non-hydrogen) atoms. The van der Waals surface area contributed by atoms with Gasteiger partial charge in [0, 0.05) is 17.8 Å². The smallest absolute Gasteiger partial charge is 0.0345 e. The minimum atomic E-state index is 0.416. The minimum Gasteiger partial charge on any atom is -0.382 e. The SMILES string of the molecule is Cc1ccc(NC2CC(N)C2)cc1C. The minimum absolute atomic E-state index is 0.416. The van der Waals surface area contributed by atoms with E-state index < -0.39 is 0 Å². The van der Waals surface area contributed by atoms with E-state index in [4.69, 9.17) is 5.73 Å². The molecule has 0 heterocycles. The molecule has 0 unspecified atom stereocenters. The Morgan fingerprint density at radius 3 is 2.50 bits per heavy atom. The maximum Gasteiger partial charge on any atom is 0.0345 e. The molecule has 1 aliphatic carbocycles. The Morgan fingerprint density at radius 2 is 1.93 bits per heavy atom. The van der Waals surface area contributed by atoms with Crippen LogP contribution in [0.15, 0.2) is 18.2 Å². The molecule has 2 heteroatoms. The summed E-state index contributed by atoms with van der Waals surface area (Å²) in [7, 11) is 0. The molecule has 2 rings (SSSR count). The summed E-state index contributed by atoms with van der Waals surface area (Å²) in [6.07, 6.45) is 2.21. The van der Waals surface area contributed by atoms with Gasteiger partial charge < -0.3 is 11.1 Å². The van der Waals surface area contributed by atoms with Crippen LogP contribution in [-0.2, 0) is 0 Å². The molecule has 1 aromatic carbocycles. The normalized spacial score (nSPS) is 25.6. The van der Waals surface area contributed by atoms with Crippen molar-refractivity contribution >= 4 is 5.69 Å². The Bertz CT molecular complexity index is 327. The van der Waals surface area contributed by atoms with Crippen LogP contribution in [0.2, 0.25) is 0 Å². The highest BCUT2D eigenvalue weighted by Gasteiger charge is 2.25. The average molecular weight is 190 g/mol. The summed E-state index contributed by atoms with van der Waals surface area (Å²) in [5.74, 6) is 0. The zero-order chi connectivity index (χ0) is 10.1. The highest BCUT2D eigenvalue weighted by molar-refractivity contribution is 5.49. The van der Waals surface area contributed by atoms with E-state index in [9.17, 15) is 0 Å². The first kappa shape index (κ1) is 9.53. The number of hydrogen-bond acceptors (Lipinski definition) is 2. The van der Waals surface area contributed by atoms with E-state index in [1.54, 1.807) is 0 Å². The number of hydrogen-bond donors (Lipinski definition) is 2. The molecule has 1 aliphatic rings. The van der Waals surface area contributed by atoms with Crippen molar-refractivity contribution in [1.82, 2.24) is 0 Å². The van der Waals surface area contributed by atoms with E-state index in [0.29, 0.717) is 12.1 Å². The molecule has 2 nitrogen and oxygen atoms in total. The Kier molecular flexibility index (Phi) is 2.46. The fraction of sp³-hybridized carbons (Fsp3) is 0.500. The zero-order valence-corrected chi connectivity index (χ0v) is 8.88. The van der Waals surface area contributed by atoms with Crippen molar-refractivity contribution in [1.29, 1.82) is 0 Å². The first-order valence-electron chi connectivity index (χ1n) is 5.24. The lowest BCUT2D eigenvalue weighted by Gasteiger charge is -2.33. The quantitative estimate of drug-likeness (QED) is 0.750. The van der Waals surface area contributed by atoms with E-state index in [-0.39, 0.29) is 0 Å². The maximum atomic E-state index is 5.74. The Morgan fingerprint density at radius 1 is 1.21 bits per heavy atom. The second-order valence-electron chi connectivity index (χ2n) is 4.37. The van der Waals surface area contributed by atoms with Crippen LogP contribution < -0.4 is 11.1 Å². The molecule has 0 atom stereocenters. The third kappa shape index (κ3) is 1.90. The van der Waals surface area contributed by atoms with Crippen LogP contribution in [0.4, 0.5) is 5.69 Å². The molecule has 0 amide bonds. The van der Waals surface area contributed by atoms with Gasteiger partial charge in [0.15, 0.2) is 0 Å². The van der Waals surface area contributed by atoms with Gasteiger partial charge >= 0.3 is 0 Å². The van der Waals surface area contributed by atoms with E-state index in [2.05, 4.69) is 37.4 Å². The van der Waals surface area contributed by atoms with Crippen LogP contribution in [0.25, 0.3) is 0 Å². The summed E-state index contributed by atoms with van der Waals surface area (Å²) >= 11 is 0. The number of aryl methyl sites for hydroxylation is 2. The fourth-order valence-corrected chi connectivity index (χ4v) is 1.85. The molecule has 0 aliphatic heterocycles. The van der Waals surface area contributed by atoms with E-state index in [0.717, 1.165) is 12.8 Å². The fourth-order valence-electron chi connectivity index (χ4n) is 1.85. The maximum absolute atomic E-state index is 5.74. The van der Waals surface area contributed by atoms with Gasteiger partial charge in [-0.25, -0.2) is 0 Å². The lowest BCUT2D eigenvalue weighted by atomic mass is 9.87. The van der Waals surface area contributed by atoms with Gasteiger partial charge in [-0.3, -0.25) is 0 Å². The molecule has 0 aromatic heterocycles. The van der Waals surface area contributed by atoms with Crippen molar-refractivity contribution in [3.8, 4) is 0 Å². The second kappa shape index (κ2) is 3.62. The standard InChI is InChI=1S/C12H18N2/c1-8-3-4-11(5-9(8)2)14-12-6-10(13)7-12/h3-5,10,12,14H,6-7,13H2,1-2H3. The van der Waals surface area contributed by atoms with Gasteiger partial charge in [0.05, 0.1) is 0 Å². The van der Waals surface area contributed by atoms with Crippen molar-refractivity contribution in [2.75, 3.05) is 5.32 Å². The number of anilines is 1. The molecular formula is C12H18N2. The summed E-state index contributed by atoms with van der Waals surface area (Å²) in [5.41, 5.74) is 9.66. The molecule has 0 spiro atoms. The topological polar surface area (TPSA) is 38.0 Å². The molecule has 1 fully saturated rings. The van der Waals surface area contributed by atoms with Gasteiger partial charge in [0.1, 0.15) is 0 Å². The van der Waals surface area contributed by atoms with Crippen molar-refractivity contribution in [3.05, 3.63) is 29.3 Å². The average Bonchev–Trinajstić information content (AvgIpc) is 2.09. The zero-order valence-electron chi connectivity index (χ0n) is 8.88. The van der Waals surface area contributed by atoms with Crippen LogP contribution in [-0.4, -0.2) is 12.1 Å². The number of benzene rings is 1. The largest absolute Gasteiger partial charge is 0.382 e. The summed E-state index contributed by atoms with van der Waals surface area (Å²) in [4.78, 5) is 0. The third-order valence-corrected chi connectivity index (χ3v) is 3.05. The third-order valence-electron chi connectivity index (χ3n) is 3.05. The highest BCUT2D eigenvalue weighted by atomic mass is 15.0. The van der Waals surface area contributed by atoms with Crippen molar-refractivity contribution in [2.45, 2.75) is 38.8 Å². The number of nitrogens with two attached hydrogens (primary N) is 1. The van der Waals surface area contributed by atoms with Gasteiger partial charge in [-0.15, -0.1) is 0 Å². The summed E-state index contributed by atoms with van der Waals surface area (Å²) in [6.45, 7) is 4.28. The summed E-state index contributed by atoms with van der Waals surface area (Å²) in [6, 6.07) is 7.52. The Labute approximate surface area is 85.5 Å². The summed E-state index contributed by atoms with van der Waals surface area (Å²) < 4.78 is 0. The van der Waals surface area contributed by atoms with Crippen LogP contribution >= 0.6 is 0 Å². The monoisotopic (exact) mass is 190 g/mol. The molecule has 0 bridgehead atoms.